The zero-order chi connectivity index (χ0) is 11.4. The van der Waals surface area contributed by atoms with E-state index in [-0.39, 0.29) is 0 Å². The highest BCUT2D eigenvalue weighted by Gasteiger charge is 2.02. The summed E-state index contributed by atoms with van der Waals surface area (Å²) >= 11 is 0. The van der Waals surface area contributed by atoms with E-state index in [1.54, 1.807) is 12.4 Å². The Bertz CT molecular complexity index is 469. The molecule has 0 aliphatic heterocycles. The minimum atomic E-state index is 0.564. The van der Waals surface area contributed by atoms with Crippen molar-refractivity contribution in [2.45, 2.75) is 13.5 Å². The smallest absolute Gasteiger partial charge is 0.149 e. The molecule has 0 aliphatic carbocycles. The molecule has 0 aliphatic rings. The molecule has 2 aromatic rings. The average Bonchev–Trinajstić information content (AvgIpc) is 2.32. The number of aryl methyl sites for hydroxylation is 1. The molecule has 0 atom stereocenters. The fourth-order valence-electron chi connectivity index (χ4n) is 1.31. The van der Waals surface area contributed by atoms with E-state index in [4.69, 9.17) is 5.73 Å². The minimum Gasteiger partial charge on any atom is -0.396 e. The second-order valence-corrected chi connectivity index (χ2v) is 3.46. The Morgan fingerprint density at radius 1 is 1.31 bits per heavy atom. The van der Waals surface area contributed by atoms with Gasteiger partial charge in [-0.3, -0.25) is 0 Å². The standard InChI is InChI=1S/C11H13N5/c1-8-4-6-13-11(10(8)12)14-7-9-3-2-5-15-16-9/h2-6H,7,12H2,1H3,(H,13,14). The normalized spacial score (nSPS) is 10.1. The number of anilines is 2. The van der Waals surface area contributed by atoms with Crippen LogP contribution in [0.5, 0.6) is 0 Å². The molecule has 0 radical (unpaired) electrons. The molecule has 5 heteroatoms. The Morgan fingerprint density at radius 2 is 2.19 bits per heavy atom. The van der Waals surface area contributed by atoms with E-state index in [1.165, 1.54) is 0 Å². The fraction of sp³-hybridized carbons (Fsp3) is 0.182. The molecule has 2 aromatic heterocycles. The number of hydrogen-bond donors (Lipinski definition) is 2. The zero-order valence-electron chi connectivity index (χ0n) is 9.01. The molecule has 0 saturated heterocycles. The van der Waals surface area contributed by atoms with Crippen molar-refractivity contribution in [1.82, 2.24) is 15.2 Å². The van der Waals surface area contributed by atoms with Gasteiger partial charge in [0.1, 0.15) is 5.82 Å². The van der Waals surface area contributed by atoms with Gasteiger partial charge in [0.15, 0.2) is 0 Å². The lowest BCUT2D eigenvalue weighted by molar-refractivity contribution is 0.921. The van der Waals surface area contributed by atoms with E-state index in [2.05, 4.69) is 20.5 Å². The van der Waals surface area contributed by atoms with Gasteiger partial charge in [-0.1, -0.05) is 0 Å². The molecular weight excluding hydrogens is 202 g/mol. The summed E-state index contributed by atoms with van der Waals surface area (Å²) in [7, 11) is 0. The highest BCUT2D eigenvalue weighted by molar-refractivity contribution is 5.64. The van der Waals surface area contributed by atoms with Gasteiger partial charge in [0.2, 0.25) is 0 Å². The molecule has 0 spiro atoms. The maximum absolute atomic E-state index is 5.89. The highest BCUT2D eigenvalue weighted by Crippen LogP contribution is 2.18. The van der Waals surface area contributed by atoms with Crippen LogP contribution in [0, 0.1) is 6.92 Å². The Kier molecular flexibility index (Phi) is 2.95. The van der Waals surface area contributed by atoms with Gasteiger partial charge in [-0.15, -0.1) is 0 Å². The lowest BCUT2D eigenvalue weighted by Gasteiger charge is -2.08. The fourth-order valence-corrected chi connectivity index (χ4v) is 1.31. The van der Waals surface area contributed by atoms with E-state index < -0.39 is 0 Å². The van der Waals surface area contributed by atoms with Crippen LogP contribution < -0.4 is 11.1 Å². The van der Waals surface area contributed by atoms with Crippen molar-refractivity contribution in [3.05, 3.63) is 41.9 Å². The van der Waals surface area contributed by atoms with E-state index in [0.29, 0.717) is 18.1 Å². The third-order valence-corrected chi connectivity index (χ3v) is 2.27. The van der Waals surface area contributed by atoms with Gasteiger partial charge in [-0.25, -0.2) is 4.98 Å². The SMILES string of the molecule is Cc1ccnc(NCc2cccnn2)c1N. The topological polar surface area (TPSA) is 76.7 Å². The van der Waals surface area contributed by atoms with Crippen molar-refractivity contribution in [1.29, 1.82) is 0 Å². The third kappa shape index (κ3) is 2.25. The second kappa shape index (κ2) is 4.57. The van der Waals surface area contributed by atoms with Crippen LogP contribution in [0.15, 0.2) is 30.6 Å². The molecule has 0 saturated carbocycles. The first-order valence-corrected chi connectivity index (χ1v) is 4.99. The number of nitrogen functional groups attached to an aromatic ring is 1. The van der Waals surface area contributed by atoms with Gasteiger partial charge in [0.05, 0.1) is 17.9 Å². The van der Waals surface area contributed by atoms with Gasteiger partial charge in [-0.2, -0.15) is 10.2 Å². The third-order valence-electron chi connectivity index (χ3n) is 2.27. The molecule has 0 amide bonds. The lowest BCUT2D eigenvalue weighted by atomic mass is 10.2. The highest BCUT2D eigenvalue weighted by atomic mass is 15.1. The molecule has 5 nitrogen and oxygen atoms in total. The Hall–Kier alpha value is -2.17. The first-order valence-electron chi connectivity index (χ1n) is 4.99. The predicted molar refractivity (Wildman–Crippen MR) is 62.7 cm³/mol. The van der Waals surface area contributed by atoms with Crippen LogP contribution in [0.25, 0.3) is 0 Å². The van der Waals surface area contributed by atoms with Gasteiger partial charge >= 0.3 is 0 Å². The number of nitrogens with one attached hydrogen (secondary N) is 1. The van der Waals surface area contributed by atoms with Crippen molar-refractivity contribution in [3.63, 3.8) is 0 Å². The molecule has 82 valence electrons. The summed E-state index contributed by atoms with van der Waals surface area (Å²) in [6.45, 7) is 2.51. The zero-order valence-corrected chi connectivity index (χ0v) is 9.01. The van der Waals surface area contributed by atoms with Crippen LogP contribution in [0.4, 0.5) is 11.5 Å². The van der Waals surface area contributed by atoms with Gasteiger partial charge in [0.25, 0.3) is 0 Å². The Labute approximate surface area is 93.7 Å². The molecule has 16 heavy (non-hydrogen) atoms. The number of nitrogens with two attached hydrogens (primary N) is 1. The van der Waals surface area contributed by atoms with E-state index in [9.17, 15) is 0 Å². The van der Waals surface area contributed by atoms with Crippen LogP contribution in [0.3, 0.4) is 0 Å². The van der Waals surface area contributed by atoms with Crippen molar-refractivity contribution in [2.75, 3.05) is 11.1 Å². The number of rotatable bonds is 3. The molecule has 3 N–H and O–H groups in total. The van der Waals surface area contributed by atoms with E-state index in [0.717, 1.165) is 11.3 Å². The molecule has 0 unspecified atom stereocenters. The van der Waals surface area contributed by atoms with E-state index in [1.807, 2.05) is 25.1 Å². The van der Waals surface area contributed by atoms with Crippen LogP contribution in [-0.4, -0.2) is 15.2 Å². The van der Waals surface area contributed by atoms with Gasteiger partial charge in [0, 0.05) is 12.4 Å². The minimum absolute atomic E-state index is 0.564. The maximum atomic E-state index is 5.89. The molecule has 0 aromatic carbocycles. The van der Waals surface area contributed by atoms with Crippen molar-refractivity contribution in [2.24, 2.45) is 0 Å². The first kappa shape index (κ1) is 10.4. The Balaban J connectivity index is 2.08. The van der Waals surface area contributed by atoms with E-state index >= 15 is 0 Å². The van der Waals surface area contributed by atoms with Gasteiger partial charge < -0.3 is 11.1 Å². The van der Waals surface area contributed by atoms with Crippen molar-refractivity contribution in [3.8, 4) is 0 Å². The Morgan fingerprint density at radius 3 is 2.94 bits per heavy atom. The van der Waals surface area contributed by atoms with Crippen LogP contribution in [-0.2, 0) is 6.54 Å². The predicted octanol–water partition coefficient (Wildman–Crippen LogP) is 1.37. The summed E-state index contributed by atoms with van der Waals surface area (Å²) in [5.41, 5.74) is 8.42. The summed E-state index contributed by atoms with van der Waals surface area (Å²) in [6, 6.07) is 5.62. The molecule has 2 heterocycles. The quantitative estimate of drug-likeness (QED) is 0.808. The van der Waals surface area contributed by atoms with Crippen molar-refractivity contribution < 1.29 is 0 Å². The molecule has 0 bridgehead atoms. The maximum Gasteiger partial charge on any atom is 0.149 e. The summed E-state index contributed by atoms with van der Waals surface area (Å²) in [5, 5.41) is 10.9. The summed E-state index contributed by atoms with van der Waals surface area (Å²) in [5.74, 6) is 0.686. The lowest BCUT2D eigenvalue weighted by Crippen LogP contribution is -2.07. The summed E-state index contributed by atoms with van der Waals surface area (Å²) in [4.78, 5) is 4.17. The summed E-state index contributed by atoms with van der Waals surface area (Å²) < 4.78 is 0. The molecule has 2 rings (SSSR count). The number of aromatic nitrogens is 3. The first-order chi connectivity index (χ1) is 7.77. The molecular formula is C11H13N5. The van der Waals surface area contributed by atoms with Crippen LogP contribution in [0.2, 0.25) is 0 Å². The average molecular weight is 215 g/mol. The number of pyridine rings is 1. The second-order valence-electron chi connectivity index (χ2n) is 3.46. The largest absolute Gasteiger partial charge is 0.396 e. The summed E-state index contributed by atoms with van der Waals surface area (Å²) in [6.07, 6.45) is 3.37. The number of hydrogen-bond acceptors (Lipinski definition) is 5. The van der Waals surface area contributed by atoms with Crippen LogP contribution in [0.1, 0.15) is 11.3 Å². The van der Waals surface area contributed by atoms with Crippen LogP contribution >= 0.6 is 0 Å². The molecule has 0 fully saturated rings. The van der Waals surface area contributed by atoms with Crippen molar-refractivity contribution >= 4 is 11.5 Å². The monoisotopic (exact) mass is 215 g/mol. The van der Waals surface area contributed by atoms with Gasteiger partial charge in [-0.05, 0) is 30.7 Å². The number of nitrogens with zero attached hydrogens (tertiary/aromatic N) is 3.